The van der Waals surface area contributed by atoms with E-state index in [0.29, 0.717) is 11.1 Å². The van der Waals surface area contributed by atoms with Crippen molar-refractivity contribution in [2.75, 3.05) is 13.7 Å². The van der Waals surface area contributed by atoms with Gasteiger partial charge in [0.05, 0.1) is 18.6 Å². The van der Waals surface area contributed by atoms with Crippen molar-refractivity contribution in [3.05, 3.63) is 73.4 Å². The van der Waals surface area contributed by atoms with E-state index >= 15 is 0 Å². The number of amides is 4. The molecule has 0 spiro atoms. The van der Waals surface area contributed by atoms with Crippen LogP contribution in [0.3, 0.4) is 0 Å². The van der Waals surface area contributed by atoms with Crippen molar-refractivity contribution >= 4 is 44.6 Å². The van der Waals surface area contributed by atoms with Crippen LogP contribution in [0.2, 0.25) is 0 Å². The second-order valence-corrected chi connectivity index (χ2v) is 17.1. The molecule has 2 heterocycles. The van der Waals surface area contributed by atoms with Gasteiger partial charge in [0, 0.05) is 34.9 Å². The molecule has 3 aromatic rings. The van der Waals surface area contributed by atoms with E-state index in [9.17, 15) is 27.6 Å². The Morgan fingerprint density at radius 1 is 1.04 bits per heavy atom. The number of pyridine rings is 1. The average molecular weight is 750 g/mol. The number of benzene rings is 2. The van der Waals surface area contributed by atoms with Crippen LogP contribution >= 0.6 is 0 Å². The van der Waals surface area contributed by atoms with E-state index in [1.807, 2.05) is 6.07 Å². The van der Waals surface area contributed by atoms with Gasteiger partial charge in [0.2, 0.25) is 11.8 Å². The summed E-state index contributed by atoms with van der Waals surface area (Å²) in [5.74, 6) is -1.98. The normalized spacial score (nSPS) is 21.9. The summed E-state index contributed by atoms with van der Waals surface area (Å²) in [7, 11) is -2.71. The van der Waals surface area contributed by atoms with E-state index in [-0.39, 0.29) is 30.2 Å². The summed E-state index contributed by atoms with van der Waals surface area (Å²) in [6, 6.07) is 13.4. The molecule has 0 bridgehead atoms. The van der Waals surface area contributed by atoms with Gasteiger partial charge in [-0.25, -0.2) is 22.9 Å². The standard InChI is InChI=1S/C38H47N5O9S/c1-9-24-21-38(24,34(46)42-53(48,49)27-13-11-10-12-14-27)40-31(44)29-20-26(51-32-28-16-15-25(50-8)19-23(28)17-18-39-32)22-43(29)33(45)30(36(2,3)4)52-35(47)41-37(5,6)7/h9-19,24,26,29-30H,1,20-22H2,2-8H3,(H,40,44)(H,41,47)(H,42,46)/t24-,26?,29+,30-,38-/m1/s1. The first kappa shape index (κ1) is 39.0. The Morgan fingerprint density at radius 3 is 2.34 bits per heavy atom. The molecule has 1 aliphatic heterocycles. The third-order valence-electron chi connectivity index (χ3n) is 9.11. The Morgan fingerprint density at radius 2 is 1.74 bits per heavy atom. The van der Waals surface area contributed by atoms with Gasteiger partial charge < -0.3 is 29.7 Å². The predicted octanol–water partition coefficient (Wildman–Crippen LogP) is 4.10. The largest absolute Gasteiger partial charge is 0.497 e. The molecule has 2 aliphatic rings. The van der Waals surface area contributed by atoms with Crippen LogP contribution in [-0.4, -0.2) is 85.1 Å². The molecule has 53 heavy (non-hydrogen) atoms. The van der Waals surface area contributed by atoms with Crippen LogP contribution in [0.4, 0.5) is 4.79 Å². The summed E-state index contributed by atoms with van der Waals surface area (Å²) >= 11 is 0. The van der Waals surface area contributed by atoms with Gasteiger partial charge in [-0.1, -0.05) is 45.0 Å². The minimum atomic E-state index is -4.27. The predicted molar refractivity (Wildman–Crippen MR) is 196 cm³/mol. The molecule has 2 aromatic carbocycles. The molecule has 1 saturated carbocycles. The highest BCUT2D eigenvalue weighted by Crippen LogP contribution is 2.45. The molecule has 1 aliphatic carbocycles. The number of nitrogens with zero attached hydrogens (tertiary/aromatic N) is 2. The monoisotopic (exact) mass is 749 g/mol. The molecule has 1 unspecified atom stereocenters. The first-order valence-corrected chi connectivity index (χ1v) is 18.7. The van der Waals surface area contributed by atoms with Gasteiger partial charge in [-0.05, 0) is 69.0 Å². The number of carbonyl (C=O) groups excluding carboxylic acids is 4. The number of aromatic nitrogens is 1. The summed E-state index contributed by atoms with van der Waals surface area (Å²) in [5.41, 5.74) is -3.20. The number of alkyl carbamates (subject to hydrolysis) is 1. The first-order chi connectivity index (χ1) is 24.8. The summed E-state index contributed by atoms with van der Waals surface area (Å²) in [5, 5.41) is 6.94. The van der Waals surface area contributed by atoms with Gasteiger partial charge in [-0.3, -0.25) is 14.4 Å². The van der Waals surface area contributed by atoms with Crippen LogP contribution in [0, 0.1) is 11.3 Å². The van der Waals surface area contributed by atoms with Crippen molar-refractivity contribution in [1.82, 2.24) is 25.2 Å². The lowest BCUT2D eigenvalue weighted by atomic mass is 9.88. The number of ether oxygens (including phenoxy) is 3. The molecule has 0 radical (unpaired) electrons. The first-order valence-electron chi connectivity index (χ1n) is 17.2. The molecule has 3 N–H and O–H groups in total. The highest BCUT2D eigenvalue weighted by atomic mass is 32.2. The third kappa shape index (κ3) is 8.73. The zero-order valence-corrected chi connectivity index (χ0v) is 31.8. The van der Waals surface area contributed by atoms with E-state index < -0.39 is 74.5 Å². The molecule has 4 amide bonds. The molecule has 5 atom stereocenters. The lowest BCUT2D eigenvalue weighted by Gasteiger charge is -2.35. The van der Waals surface area contributed by atoms with Crippen LogP contribution in [0.25, 0.3) is 10.8 Å². The SMILES string of the molecule is C=C[C@@H]1C[C@]1(NC(=O)[C@@H]1CC(Oc2nccc3cc(OC)ccc23)CN1C(=O)[C@@H](OC(=O)NC(C)(C)C)C(C)(C)C)C(=O)NS(=O)(=O)c1ccccc1. The van der Waals surface area contributed by atoms with Gasteiger partial charge in [-0.2, -0.15) is 0 Å². The summed E-state index contributed by atoms with van der Waals surface area (Å²) in [6.45, 7) is 14.2. The van der Waals surface area contributed by atoms with Gasteiger partial charge >= 0.3 is 6.09 Å². The fourth-order valence-electron chi connectivity index (χ4n) is 6.28. The quantitative estimate of drug-likeness (QED) is 0.242. The van der Waals surface area contributed by atoms with E-state index in [0.717, 1.165) is 5.39 Å². The number of hydrogen-bond acceptors (Lipinski definition) is 10. The van der Waals surface area contributed by atoms with Crippen LogP contribution in [0.5, 0.6) is 11.6 Å². The Kier molecular flexibility index (Phi) is 10.8. The van der Waals surface area contributed by atoms with Crippen LogP contribution < -0.4 is 24.8 Å². The zero-order chi connectivity index (χ0) is 38.9. The molecule has 14 nitrogen and oxygen atoms in total. The van der Waals surface area contributed by atoms with Gasteiger partial charge in [-0.15, -0.1) is 6.58 Å². The fraction of sp³-hybridized carbons (Fsp3) is 0.447. The van der Waals surface area contributed by atoms with Crippen molar-refractivity contribution in [3.63, 3.8) is 0 Å². The van der Waals surface area contributed by atoms with Crippen LogP contribution in [0.15, 0.2) is 78.3 Å². The van der Waals surface area contributed by atoms with Gasteiger partial charge in [0.1, 0.15) is 23.4 Å². The summed E-state index contributed by atoms with van der Waals surface area (Å²) in [6.07, 6.45) is 0.227. The number of sulfonamides is 1. The molecule has 5 rings (SSSR count). The number of rotatable bonds is 11. The number of carbonyl (C=O) groups is 4. The number of fused-ring (bicyclic) bond motifs is 1. The van der Waals surface area contributed by atoms with E-state index in [1.165, 1.54) is 35.2 Å². The molecular formula is C38H47N5O9S. The summed E-state index contributed by atoms with van der Waals surface area (Å²) < 4.78 is 45.7. The van der Waals surface area contributed by atoms with Crippen LogP contribution in [-0.2, 0) is 29.1 Å². The second-order valence-electron chi connectivity index (χ2n) is 15.5. The Balaban J connectivity index is 1.45. The molecule has 2 fully saturated rings. The van der Waals surface area contributed by atoms with Crippen LogP contribution in [0.1, 0.15) is 54.4 Å². The maximum atomic E-state index is 14.5. The summed E-state index contributed by atoms with van der Waals surface area (Å²) in [4.78, 5) is 61.0. The fourth-order valence-corrected chi connectivity index (χ4v) is 7.34. The number of methoxy groups -OCH3 is 1. The topological polar surface area (TPSA) is 182 Å². The smallest absolute Gasteiger partial charge is 0.408 e. The number of nitrogens with one attached hydrogen (secondary N) is 3. The maximum absolute atomic E-state index is 14.5. The third-order valence-corrected chi connectivity index (χ3v) is 10.5. The van der Waals surface area contributed by atoms with E-state index in [4.69, 9.17) is 14.2 Å². The molecule has 284 valence electrons. The number of hydrogen-bond donors (Lipinski definition) is 3. The lowest BCUT2D eigenvalue weighted by Crippen LogP contribution is -2.58. The molecule has 1 aromatic heterocycles. The van der Waals surface area contributed by atoms with E-state index in [1.54, 1.807) is 79.1 Å². The molecular weight excluding hydrogens is 703 g/mol. The van der Waals surface area contributed by atoms with Crippen molar-refractivity contribution in [1.29, 1.82) is 0 Å². The number of likely N-dealkylation sites (tertiary alicyclic amines) is 1. The van der Waals surface area contributed by atoms with Gasteiger partial charge in [0.15, 0.2) is 6.10 Å². The Bertz CT molecular complexity index is 2010. The molecule has 1 saturated heterocycles. The maximum Gasteiger partial charge on any atom is 0.408 e. The zero-order valence-electron chi connectivity index (χ0n) is 31.0. The Hall–Kier alpha value is -5.18. The lowest BCUT2D eigenvalue weighted by molar-refractivity contribution is -0.150. The van der Waals surface area contributed by atoms with Crippen molar-refractivity contribution in [2.24, 2.45) is 11.3 Å². The van der Waals surface area contributed by atoms with Crippen molar-refractivity contribution in [2.45, 2.75) is 88.6 Å². The second kappa shape index (κ2) is 14.7. The minimum absolute atomic E-state index is 0.0182. The average Bonchev–Trinajstić information content (AvgIpc) is 3.64. The highest BCUT2D eigenvalue weighted by molar-refractivity contribution is 7.90. The Labute approximate surface area is 309 Å². The van der Waals surface area contributed by atoms with E-state index in [2.05, 4.69) is 26.9 Å². The minimum Gasteiger partial charge on any atom is -0.497 e. The molecule has 15 heteroatoms. The van der Waals surface area contributed by atoms with Crippen molar-refractivity contribution < 1.29 is 41.8 Å². The van der Waals surface area contributed by atoms with Gasteiger partial charge in [0.25, 0.3) is 21.8 Å². The highest BCUT2D eigenvalue weighted by Gasteiger charge is 2.61. The van der Waals surface area contributed by atoms with Crippen molar-refractivity contribution in [3.8, 4) is 11.6 Å².